The zero-order valence-corrected chi connectivity index (χ0v) is 20.1. The molecule has 1 aromatic heterocycles. The summed E-state index contributed by atoms with van der Waals surface area (Å²) in [4.78, 5) is 27.6. The van der Waals surface area contributed by atoms with Gasteiger partial charge in [-0.3, -0.25) is 14.6 Å². The minimum atomic E-state index is 0.148. The summed E-state index contributed by atoms with van der Waals surface area (Å²) < 4.78 is 5.28. The van der Waals surface area contributed by atoms with Crippen LogP contribution in [0.5, 0.6) is 5.75 Å². The van der Waals surface area contributed by atoms with Crippen molar-refractivity contribution in [1.82, 2.24) is 14.9 Å². The Bertz CT molecular complexity index is 984. The van der Waals surface area contributed by atoms with Crippen LogP contribution in [-0.2, 0) is 17.8 Å². The molecule has 176 valence electrons. The molecule has 1 atom stereocenters. The van der Waals surface area contributed by atoms with Gasteiger partial charge >= 0.3 is 0 Å². The third-order valence-corrected chi connectivity index (χ3v) is 7.76. The molecule has 2 aliphatic heterocycles. The van der Waals surface area contributed by atoms with Crippen LogP contribution in [0.1, 0.15) is 79.9 Å². The minimum Gasteiger partial charge on any atom is -0.497 e. The number of anilines is 1. The number of carbonyl (C=O) groups excluding carboxylic acids is 1. The number of hydrogen-bond donors (Lipinski definition) is 0. The van der Waals surface area contributed by atoms with Crippen molar-refractivity contribution in [2.75, 3.05) is 25.1 Å². The summed E-state index contributed by atoms with van der Waals surface area (Å²) in [5.74, 6) is 3.09. The molecule has 1 saturated heterocycles. The fourth-order valence-corrected chi connectivity index (χ4v) is 5.86. The maximum Gasteiger partial charge on any atom is 0.228 e. The van der Waals surface area contributed by atoms with Crippen LogP contribution in [0.4, 0.5) is 5.82 Å². The van der Waals surface area contributed by atoms with Crippen LogP contribution in [0.2, 0.25) is 0 Å². The molecule has 1 aromatic carbocycles. The number of aromatic nitrogens is 2. The lowest BCUT2D eigenvalue weighted by molar-refractivity contribution is -0.119. The van der Waals surface area contributed by atoms with Gasteiger partial charge in [0.25, 0.3) is 0 Å². The van der Waals surface area contributed by atoms with E-state index in [1.165, 1.54) is 45.1 Å². The predicted molar refractivity (Wildman–Crippen MR) is 130 cm³/mol. The maximum atomic E-state index is 13.0. The van der Waals surface area contributed by atoms with Gasteiger partial charge in [-0.05, 0) is 63.3 Å². The third-order valence-electron chi connectivity index (χ3n) is 7.76. The molecule has 0 bridgehead atoms. The lowest BCUT2D eigenvalue weighted by Crippen LogP contribution is -2.43. The number of methoxy groups -OCH3 is 1. The fraction of sp³-hybridized carbons (Fsp3) is 0.593. The first-order valence-corrected chi connectivity index (χ1v) is 12.7. The van der Waals surface area contributed by atoms with Crippen molar-refractivity contribution in [2.45, 2.75) is 83.2 Å². The zero-order valence-electron chi connectivity index (χ0n) is 20.1. The Hall–Kier alpha value is -2.47. The molecule has 2 aromatic rings. The Kier molecular flexibility index (Phi) is 6.63. The van der Waals surface area contributed by atoms with Crippen molar-refractivity contribution in [3.63, 3.8) is 0 Å². The van der Waals surface area contributed by atoms with Crippen LogP contribution < -0.4 is 9.64 Å². The van der Waals surface area contributed by atoms with Gasteiger partial charge in [-0.2, -0.15) is 0 Å². The van der Waals surface area contributed by atoms with E-state index in [0.29, 0.717) is 18.9 Å². The monoisotopic (exact) mass is 448 g/mol. The molecule has 0 radical (unpaired) electrons. The largest absolute Gasteiger partial charge is 0.497 e. The summed E-state index contributed by atoms with van der Waals surface area (Å²) in [7, 11) is 1.67. The fourth-order valence-electron chi connectivity index (χ4n) is 5.86. The Labute approximate surface area is 197 Å². The molecular weight excluding hydrogens is 412 g/mol. The van der Waals surface area contributed by atoms with E-state index in [1.54, 1.807) is 7.11 Å². The Morgan fingerprint density at radius 3 is 2.55 bits per heavy atom. The molecule has 3 heterocycles. The molecule has 1 aliphatic carbocycles. The Morgan fingerprint density at radius 2 is 1.79 bits per heavy atom. The molecule has 0 N–H and O–H groups in total. The van der Waals surface area contributed by atoms with E-state index in [-0.39, 0.29) is 5.91 Å². The topological polar surface area (TPSA) is 58.6 Å². The van der Waals surface area contributed by atoms with Crippen LogP contribution in [0.25, 0.3) is 0 Å². The normalized spacial score (nSPS) is 22.3. The number of fused-ring (bicyclic) bond motifs is 1. The summed E-state index contributed by atoms with van der Waals surface area (Å²) in [6.45, 7) is 4.88. The van der Waals surface area contributed by atoms with Crippen LogP contribution in [0.3, 0.4) is 0 Å². The first-order chi connectivity index (χ1) is 16.1. The van der Waals surface area contributed by atoms with E-state index in [9.17, 15) is 4.79 Å². The van der Waals surface area contributed by atoms with Crippen molar-refractivity contribution in [3.05, 3.63) is 46.9 Å². The molecule has 33 heavy (non-hydrogen) atoms. The van der Waals surface area contributed by atoms with Gasteiger partial charge in [0.15, 0.2) is 0 Å². The number of amides is 1. The molecule has 6 heteroatoms. The van der Waals surface area contributed by atoms with Crippen LogP contribution in [0.15, 0.2) is 24.3 Å². The molecule has 3 aliphatic rings. The second-order valence-electron chi connectivity index (χ2n) is 9.92. The Balaban J connectivity index is 1.40. The van der Waals surface area contributed by atoms with Gasteiger partial charge in [-0.1, -0.05) is 31.4 Å². The van der Waals surface area contributed by atoms with E-state index in [1.807, 2.05) is 29.2 Å². The SMILES string of the molecule is COc1ccc(CN2C(=O)CCc3c(C)nc([C@H]4CCCN(C5CCCCC5)C4)nc32)cc1. The number of benzene rings is 1. The lowest BCUT2D eigenvalue weighted by Gasteiger charge is -2.40. The van der Waals surface area contributed by atoms with Gasteiger partial charge in [0.05, 0.1) is 13.7 Å². The summed E-state index contributed by atoms with van der Waals surface area (Å²) in [5, 5.41) is 0. The summed E-state index contributed by atoms with van der Waals surface area (Å²) in [6.07, 6.45) is 10.4. The van der Waals surface area contributed by atoms with Crippen LogP contribution in [-0.4, -0.2) is 47.0 Å². The second-order valence-corrected chi connectivity index (χ2v) is 9.92. The molecule has 5 rings (SSSR count). The van der Waals surface area contributed by atoms with Crippen molar-refractivity contribution >= 4 is 11.7 Å². The van der Waals surface area contributed by atoms with Crippen molar-refractivity contribution < 1.29 is 9.53 Å². The summed E-state index contributed by atoms with van der Waals surface area (Å²) >= 11 is 0. The number of nitrogens with zero attached hydrogens (tertiary/aromatic N) is 4. The Morgan fingerprint density at radius 1 is 1.00 bits per heavy atom. The highest BCUT2D eigenvalue weighted by molar-refractivity contribution is 5.95. The van der Waals surface area contributed by atoms with Gasteiger partial charge in [0.1, 0.15) is 17.4 Å². The third kappa shape index (κ3) is 4.77. The number of ether oxygens (including phenoxy) is 1. The van der Waals surface area contributed by atoms with E-state index >= 15 is 0 Å². The molecular formula is C27H36N4O2. The average Bonchev–Trinajstić information content (AvgIpc) is 2.86. The highest BCUT2D eigenvalue weighted by Crippen LogP contribution is 2.34. The van der Waals surface area contributed by atoms with Gasteiger partial charge < -0.3 is 4.74 Å². The smallest absolute Gasteiger partial charge is 0.228 e. The predicted octanol–water partition coefficient (Wildman–Crippen LogP) is 4.79. The number of hydrogen-bond acceptors (Lipinski definition) is 5. The summed E-state index contributed by atoms with van der Waals surface area (Å²) in [5.41, 5.74) is 3.25. The number of carbonyl (C=O) groups is 1. The highest BCUT2D eigenvalue weighted by Gasteiger charge is 2.32. The second kappa shape index (κ2) is 9.80. The van der Waals surface area contributed by atoms with E-state index < -0.39 is 0 Å². The molecule has 0 unspecified atom stereocenters. The molecule has 6 nitrogen and oxygen atoms in total. The number of piperidine rings is 1. The first-order valence-electron chi connectivity index (χ1n) is 12.7. The lowest BCUT2D eigenvalue weighted by atomic mass is 9.89. The quantitative estimate of drug-likeness (QED) is 0.659. The molecule has 0 spiro atoms. The van der Waals surface area contributed by atoms with Gasteiger partial charge in [0, 0.05) is 36.2 Å². The first kappa shape index (κ1) is 22.3. The minimum absolute atomic E-state index is 0.148. The number of rotatable bonds is 5. The zero-order chi connectivity index (χ0) is 22.8. The van der Waals surface area contributed by atoms with Crippen LogP contribution in [0, 0.1) is 6.92 Å². The van der Waals surface area contributed by atoms with E-state index in [2.05, 4.69) is 11.8 Å². The number of likely N-dealkylation sites (tertiary alicyclic amines) is 1. The van der Waals surface area contributed by atoms with Crippen LogP contribution >= 0.6 is 0 Å². The summed E-state index contributed by atoms with van der Waals surface area (Å²) in [6, 6.07) is 8.68. The standard InChI is InChI=1S/C27H36N4O2/c1-19-24-14-15-25(32)31(17-20-10-12-23(33-2)13-11-20)27(24)29-26(28-19)21-7-6-16-30(18-21)22-8-4-3-5-9-22/h10-13,21-22H,3-9,14-18H2,1-2H3/t21-/m0/s1. The van der Waals surface area contributed by atoms with Crippen molar-refractivity contribution in [2.24, 2.45) is 0 Å². The molecule has 1 saturated carbocycles. The van der Waals surface area contributed by atoms with E-state index in [4.69, 9.17) is 14.7 Å². The molecule has 1 amide bonds. The van der Waals surface area contributed by atoms with Gasteiger partial charge in [-0.15, -0.1) is 0 Å². The van der Waals surface area contributed by atoms with Crippen molar-refractivity contribution in [1.29, 1.82) is 0 Å². The molecule has 2 fully saturated rings. The maximum absolute atomic E-state index is 13.0. The number of aryl methyl sites for hydroxylation is 1. The highest BCUT2D eigenvalue weighted by atomic mass is 16.5. The van der Waals surface area contributed by atoms with Gasteiger partial charge in [0.2, 0.25) is 5.91 Å². The van der Waals surface area contributed by atoms with Crippen molar-refractivity contribution in [3.8, 4) is 5.75 Å². The van der Waals surface area contributed by atoms with Gasteiger partial charge in [-0.25, -0.2) is 9.97 Å². The average molecular weight is 449 g/mol. The van der Waals surface area contributed by atoms with E-state index in [0.717, 1.165) is 59.6 Å².